The first-order valence-corrected chi connectivity index (χ1v) is 7.30. The van der Waals surface area contributed by atoms with E-state index in [4.69, 9.17) is 9.47 Å². The van der Waals surface area contributed by atoms with E-state index in [-0.39, 0.29) is 12.0 Å². The molecule has 0 saturated carbocycles. The second kappa shape index (κ2) is 6.13. The number of nitrogens with zero attached hydrogens (tertiary/aromatic N) is 1. The molecule has 3 rings (SSSR count). The standard InChI is InChI=1S/C15H13BrN2O3/c16-10-5-6-12(17-7-10)15(19)18-8-11-9-20-13-3-1-2-4-14(13)21-11/h1-7,11H,8-9H2,(H,18,19). The van der Waals surface area contributed by atoms with E-state index in [0.717, 1.165) is 10.2 Å². The van der Waals surface area contributed by atoms with Crippen molar-refractivity contribution in [2.24, 2.45) is 0 Å². The molecule has 0 radical (unpaired) electrons. The molecule has 1 aromatic heterocycles. The number of pyridine rings is 1. The Morgan fingerprint density at radius 1 is 1.29 bits per heavy atom. The molecule has 2 heterocycles. The van der Waals surface area contributed by atoms with Gasteiger partial charge in [0, 0.05) is 10.7 Å². The second-order valence-corrected chi connectivity index (χ2v) is 5.48. The van der Waals surface area contributed by atoms with Gasteiger partial charge in [0.05, 0.1) is 6.54 Å². The van der Waals surface area contributed by atoms with Crippen molar-refractivity contribution in [1.29, 1.82) is 0 Å². The lowest BCUT2D eigenvalue weighted by Crippen LogP contribution is -2.40. The minimum atomic E-state index is -0.232. The topological polar surface area (TPSA) is 60.5 Å². The number of hydrogen-bond acceptors (Lipinski definition) is 4. The van der Waals surface area contributed by atoms with Gasteiger partial charge in [0.15, 0.2) is 11.5 Å². The Morgan fingerprint density at radius 3 is 2.86 bits per heavy atom. The number of halogens is 1. The molecule has 5 nitrogen and oxygen atoms in total. The normalized spacial score (nSPS) is 16.3. The Kier molecular flexibility index (Phi) is 4.06. The van der Waals surface area contributed by atoms with E-state index in [1.807, 2.05) is 24.3 Å². The number of carbonyl (C=O) groups is 1. The van der Waals surface area contributed by atoms with Gasteiger partial charge in [-0.1, -0.05) is 12.1 Å². The van der Waals surface area contributed by atoms with Gasteiger partial charge in [-0.25, -0.2) is 4.98 Å². The van der Waals surface area contributed by atoms with E-state index >= 15 is 0 Å². The molecule has 21 heavy (non-hydrogen) atoms. The third-order valence-corrected chi connectivity index (χ3v) is 3.49. The highest BCUT2D eigenvalue weighted by molar-refractivity contribution is 9.10. The van der Waals surface area contributed by atoms with Crippen LogP contribution in [0.1, 0.15) is 10.5 Å². The summed E-state index contributed by atoms with van der Waals surface area (Å²) in [6.45, 7) is 0.774. The van der Waals surface area contributed by atoms with Crippen molar-refractivity contribution in [2.45, 2.75) is 6.10 Å². The van der Waals surface area contributed by atoms with Gasteiger partial charge >= 0.3 is 0 Å². The van der Waals surface area contributed by atoms with E-state index < -0.39 is 0 Å². The van der Waals surface area contributed by atoms with Crippen LogP contribution in [0.25, 0.3) is 0 Å². The number of amides is 1. The zero-order valence-corrected chi connectivity index (χ0v) is 12.7. The molecule has 1 amide bonds. The first-order valence-electron chi connectivity index (χ1n) is 6.50. The summed E-state index contributed by atoms with van der Waals surface area (Å²) in [5, 5.41) is 2.80. The fraction of sp³-hybridized carbons (Fsp3) is 0.200. The summed E-state index contributed by atoms with van der Waals surface area (Å²) in [4.78, 5) is 16.0. The monoisotopic (exact) mass is 348 g/mol. The maximum atomic E-state index is 12.0. The Bertz CT molecular complexity index is 646. The molecule has 2 aromatic rings. The Balaban J connectivity index is 1.56. The molecule has 0 spiro atoms. The van der Waals surface area contributed by atoms with E-state index in [0.29, 0.717) is 24.6 Å². The molecule has 1 atom stereocenters. The van der Waals surface area contributed by atoms with Crippen LogP contribution in [0.15, 0.2) is 47.1 Å². The Labute approximate surface area is 130 Å². The summed E-state index contributed by atoms with van der Waals surface area (Å²) in [5.41, 5.74) is 0.371. The lowest BCUT2D eigenvalue weighted by atomic mass is 10.2. The number of carbonyl (C=O) groups excluding carboxylic acids is 1. The number of para-hydroxylation sites is 2. The van der Waals surface area contributed by atoms with Gasteiger partial charge in [0.25, 0.3) is 5.91 Å². The van der Waals surface area contributed by atoms with Crippen molar-refractivity contribution in [2.75, 3.05) is 13.2 Å². The summed E-state index contributed by atoms with van der Waals surface area (Å²) in [5.74, 6) is 1.20. The third-order valence-electron chi connectivity index (χ3n) is 3.02. The lowest BCUT2D eigenvalue weighted by Gasteiger charge is -2.26. The van der Waals surface area contributed by atoms with Crippen LogP contribution < -0.4 is 14.8 Å². The van der Waals surface area contributed by atoms with Crippen molar-refractivity contribution >= 4 is 21.8 Å². The summed E-state index contributed by atoms with van der Waals surface area (Å²) in [6, 6.07) is 10.9. The van der Waals surface area contributed by atoms with Crippen LogP contribution in [0.5, 0.6) is 11.5 Å². The molecule has 6 heteroatoms. The number of nitrogens with one attached hydrogen (secondary N) is 1. The maximum Gasteiger partial charge on any atom is 0.270 e. The third kappa shape index (κ3) is 3.33. The fourth-order valence-electron chi connectivity index (χ4n) is 1.97. The minimum Gasteiger partial charge on any atom is -0.486 e. The van der Waals surface area contributed by atoms with Gasteiger partial charge in [-0.2, -0.15) is 0 Å². The zero-order chi connectivity index (χ0) is 14.7. The Morgan fingerprint density at radius 2 is 2.10 bits per heavy atom. The van der Waals surface area contributed by atoms with Gasteiger partial charge in [-0.15, -0.1) is 0 Å². The number of aromatic nitrogens is 1. The molecule has 1 N–H and O–H groups in total. The lowest BCUT2D eigenvalue weighted by molar-refractivity contribution is 0.0786. The van der Waals surface area contributed by atoms with Gasteiger partial charge in [-0.3, -0.25) is 4.79 Å². The molecule has 0 saturated heterocycles. The summed E-state index contributed by atoms with van der Waals surface area (Å²) >= 11 is 3.28. The molecular formula is C15H13BrN2O3. The second-order valence-electron chi connectivity index (χ2n) is 4.57. The van der Waals surface area contributed by atoms with Gasteiger partial charge in [0.1, 0.15) is 18.4 Å². The van der Waals surface area contributed by atoms with Crippen molar-refractivity contribution in [1.82, 2.24) is 10.3 Å². The number of fused-ring (bicyclic) bond motifs is 1. The van der Waals surface area contributed by atoms with Crippen LogP contribution in [0, 0.1) is 0 Å². The molecule has 1 unspecified atom stereocenters. The number of rotatable bonds is 3. The smallest absolute Gasteiger partial charge is 0.270 e. The van der Waals surface area contributed by atoms with E-state index in [1.165, 1.54) is 0 Å². The van der Waals surface area contributed by atoms with Gasteiger partial charge < -0.3 is 14.8 Å². The van der Waals surface area contributed by atoms with Gasteiger partial charge in [-0.05, 0) is 40.2 Å². The fourth-order valence-corrected chi connectivity index (χ4v) is 2.21. The molecule has 1 aliphatic rings. The highest BCUT2D eigenvalue weighted by atomic mass is 79.9. The molecule has 108 valence electrons. The molecular weight excluding hydrogens is 336 g/mol. The van der Waals surface area contributed by atoms with Crippen molar-refractivity contribution < 1.29 is 14.3 Å². The van der Waals surface area contributed by atoms with Gasteiger partial charge in [0.2, 0.25) is 0 Å². The van der Waals surface area contributed by atoms with Crippen LogP contribution in [0.4, 0.5) is 0 Å². The first kappa shape index (κ1) is 13.9. The SMILES string of the molecule is O=C(NCC1COc2ccccc2O1)c1ccc(Br)cn1. The molecule has 0 bridgehead atoms. The van der Waals surface area contributed by atoms with Crippen LogP contribution >= 0.6 is 15.9 Å². The minimum absolute atomic E-state index is 0.209. The summed E-state index contributed by atoms with van der Waals surface area (Å²) in [7, 11) is 0. The van der Waals surface area contributed by atoms with Crippen LogP contribution in [-0.4, -0.2) is 30.1 Å². The van der Waals surface area contributed by atoms with Crippen LogP contribution in [0.3, 0.4) is 0 Å². The first-order chi connectivity index (χ1) is 10.2. The highest BCUT2D eigenvalue weighted by Crippen LogP contribution is 2.30. The van der Waals surface area contributed by atoms with Crippen LogP contribution in [-0.2, 0) is 0 Å². The molecule has 1 aromatic carbocycles. The maximum absolute atomic E-state index is 12.0. The van der Waals surface area contributed by atoms with Crippen molar-refractivity contribution in [3.05, 3.63) is 52.8 Å². The van der Waals surface area contributed by atoms with Crippen molar-refractivity contribution in [3.63, 3.8) is 0 Å². The van der Waals surface area contributed by atoms with E-state index in [9.17, 15) is 4.79 Å². The molecule has 1 aliphatic heterocycles. The number of benzene rings is 1. The average molecular weight is 349 g/mol. The number of ether oxygens (including phenoxy) is 2. The summed E-state index contributed by atoms with van der Waals surface area (Å²) in [6.07, 6.45) is 1.38. The zero-order valence-electron chi connectivity index (χ0n) is 11.1. The predicted molar refractivity (Wildman–Crippen MR) is 80.6 cm³/mol. The van der Waals surface area contributed by atoms with Crippen molar-refractivity contribution in [3.8, 4) is 11.5 Å². The largest absolute Gasteiger partial charge is 0.486 e. The average Bonchev–Trinajstić information content (AvgIpc) is 2.53. The Hall–Kier alpha value is -2.08. The number of hydrogen-bond donors (Lipinski definition) is 1. The van der Waals surface area contributed by atoms with E-state index in [1.54, 1.807) is 18.3 Å². The quantitative estimate of drug-likeness (QED) is 0.925. The highest BCUT2D eigenvalue weighted by Gasteiger charge is 2.21. The van der Waals surface area contributed by atoms with Crippen LogP contribution in [0.2, 0.25) is 0 Å². The molecule has 0 fully saturated rings. The van der Waals surface area contributed by atoms with E-state index in [2.05, 4.69) is 26.2 Å². The predicted octanol–water partition coefficient (Wildman–Crippen LogP) is 2.41. The summed E-state index contributed by atoms with van der Waals surface area (Å²) < 4.78 is 12.2. The molecule has 0 aliphatic carbocycles.